The van der Waals surface area contributed by atoms with Gasteiger partial charge in [-0.25, -0.2) is 0 Å². The number of fused-ring (bicyclic) bond motifs is 1. The van der Waals surface area contributed by atoms with Crippen LogP contribution in [0.2, 0.25) is 5.02 Å². The lowest BCUT2D eigenvalue weighted by molar-refractivity contribution is -0.244. The molecule has 3 aromatic rings. The third-order valence-corrected chi connectivity index (χ3v) is 5.78. The number of hydrogen-bond acceptors (Lipinski definition) is 7. The first-order valence-electron chi connectivity index (χ1n) is 12.4. The van der Waals surface area contributed by atoms with E-state index in [2.05, 4.69) is 0 Å². The zero-order valence-corrected chi connectivity index (χ0v) is 22.5. The molecule has 8 nitrogen and oxygen atoms in total. The summed E-state index contributed by atoms with van der Waals surface area (Å²) < 4.78 is 17.7. The van der Waals surface area contributed by atoms with Crippen molar-refractivity contribution in [3.05, 3.63) is 87.3 Å². The number of phenolic OH excluding ortho intramolecular Hbond substituents is 1. The van der Waals surface area contributed by atoms with Gasteiger partial charge in [-0.15, -0.1) is 0 Å². The first-order valence-corrected chi connectivity index (χ1v) is 12.7. The van der Waals surface area contributed by atoms with E-state index < -0.39 is 18.4 Å². The fourth-order valence-electron chi connectivity index (χ4n) is 3.87. The number of carboxylic acids is 1. The van der Waals surface area contributed by atoms with Gasteiger partial charge in [-0.05, 0) is 57.9 Å². The lowest BCUT2D eigenvalue weighted by Gasteiger charge is -2.36. The van der Waals surface area contributed by atoms with Gasteiger partial charge in [-0.1, -0.05) is 42.0 Å². The molecule has 3 atom stereocenters. The van der Waals surface area contributed by atoms with E-state index in [-0.39, 0.29) is 41.2 Å². The fourth-order valence-corrected chi connectivity index (χ4v) is 4.04. The second kappa shape index (κ2) is 13.1. The number of allylic oxidation sites excluding steroid dienone is 2. The zero-order chi connectivity index (χ0) is 27.9. The van der Waals surface area contributed by atoms with E-state index in [9.17, 15) is 14.7 Å². The van der Waals surface area contributed by atoms with Crippen LogP contribution in [0.15, 0.2) is 70.1 Å². The van der Waals surface area contributed by atoms with Gasteiger partial charge in [0.05, 0.1) is 23.7 Å². The van der Waals surface area contributed by atoms with Crippen molar-refractivity contribution in [3.63, 3.8) is 0 Å². The molecule has 38 heavy (non-hydrogen) atoms. The molecule has 1 aliphatic rings. The second-order valence-corrected chi connectivity index (χ2v) is 10.6. The standard InChI is InChI=1S/C25H23ClO7.C4H11N/c26-16-10-11-21-18(12-16)23(30)19(14-31-21)25-32-13-15(6-2-1-3-9-22(28)29)24(33-25)17-7-4-5-8-20(17)27;1-4(2,3)5/h1-2,4-5,7-8,10-12,14-15,24-25,27H,3,6,9,13H2,(H,28,29);5H2,1-3H3/b2-1-;/t15-,24+,25+;/m0./s1. The van der Waals surface area contributed by atoms with Crippen LogP contribution in [-0.4, -0.2) is 28.3 Å². The monoisotopic (exact) mass is 543 g/mol. The lowest BCUT2D eigenvalue weighted by atomic mass is 9.91. The van der Waals surface area contributed by atoms with E-state index in [1.807, 2.05) is 32.9 Å². The maximum absolute atomic E-state index is 13.1. The van der Waals surface area contributed by atoms with Crippen molar-refractivity contribution in [2.24, 2.45) is 11.7 Å². The molecule has 2 heterocycles. The van der Waals surface area contributed by atoms with Crippen LogP contribution in [-0.2, 0) is 14.3 Å². The van der Waals surface area contributed by atoms with Crippen molar-refractivity contribution in [1.82, 2.24) is 0 Å². The summed E-state index contributed by atoms with van der Waals surface area (Å²) in [6, 6.07) is 11.7. The zero-order valence-electron chi connectivity index (χ0n) is 21.7. The molecule has 1 aliphatic heterocycles. The minimum Gasteiger partial charge on any atom is -0.508 e. The summed E-state index contributed by atoms with van der Waals surface area (Å²) in [4.78, 5) is 23.8. The van der Waals surface area contributed by atoms with Crippen molar-refractivity contribution < 1.29 is 28.9 Å². The Hall–Kier alpha value is -3.17. The number of rotatable bonds is 7. The molecule has 4 rings (SSSR count). The van der Waals surface area contributed by atoms with Gasteiger partial charge >= 0.3 is 5.97 Å². The highest BCUT2D eigenvalue weighted by atomic mass is 35.5. The normalized spacial score (nSPS) is 19.8. The molecule has 0 unspecified atom stereocenters. The van der Waals surface area contributed by atoms with E-state index in [0.29, 0.717) is 34.4 Å². The Labute approximate surface area is 226 Å². The number of ether oxygens (including phenoxy) is 2. The van der Waals surface area contributed by atoms with Gasteiger partial charge in [0.2, 0.25) is 5.43 Å². The second-order valence-electron chi connectivity index (χ2n) is 10.2. The maximum Gasteiger partial charge on any atom is 0.303 e. The molecule has 1 aromatic heterocycles. The average Bonchev–Trinajstić information content (AvgIpc) is 2.84. The predicted molar refractivity (Wildman–Crippen MR) is 146 cm³/mol. The molecular weight excluding hydrogens is 510 g/mol. The number of aromatic hydroxyl groups is 1. The topological polar surface area (TPSA) is 132 Å². The third kappa shape index (κ3) is 8.43. The number of nitrogens with two attached hydrogens (primary N) is 1. The van der Waals surface area contributed by atoms with Crippen molar-refractivity contribution in [2.75, 3.05) is 6.61 Å². The minimum atomic E-state index is -0.985. The van der Waals surface area contributed by atoms with E-state index in [0.717, 1.165) is 0 Å². The van der Waals surface area contributed by atoms with Crippen LogP contribution in [0.25, 0.3) is 11.0 Å². The molecule has 4 N–H and O–H groups in total. The van der Waals surface area contributed by atoms with E-state index in [4.69, 9.17) is 36.3 Å². The first-order chi connectivity index (χ1) is 17.9. The highest BCUT2D eigenvalue weighted by Gasteiger charge is 2.36. The molecule has 1 fully saturated rings. The molecule has 0 spiro atoms. The number of para-hydroxylation sites is 1. The van der Waals surface area contributed by atoms with Crippen LogP contribution in [0.3, 0.4) is 0 Å². The van der Waals surface area contributed by atoms with Crippen molar-refractivity contribution in [1.29, 1.82) is 0 Å². The van der Waals surface area contributed by atoms with Crippen LogP contribution in [0.5, 0.6) is 5.75 Å². The van der Waals surface area contributed by atoms with E-state index in [1.54, 1.807) is 42.5 Å². The van der Waals surface area contributed by atoms with Crippen LogP contribution in [0.4, 0.5) is 0 Å². The number of aliphatic carboxylic acids is 1. The largest absolute Gasteiger partial charge is 0.508 e. The minimum absolute atomic E-state index is 0. The third-order valence-electron chi connectivity index (χ3n) is 5.55. The van der Waals surface area contributed by atoms with Crippen LogP contribution in [0, 0.1) is 5.92 Å². The Bertz CT molecular complexity index is 1320. The van der Waals surface area contributed by atoms with Crippen molar-refractivity contribution in [2.45, 2.75) is 58.0 Å². The molecule has 0 radical (unpaired) electrons. The first kappa shape index (κ1) is 29.4. The number of carbonyl (C=O) groups is 1. The molecule has 0 saturated carbocycles. The SMILES string of the molecule is CC(C)(C)N.O=C(O)CC/C=C\C[C@H]1CO[C@@H](c2coc3ccc(Cl)cc3c2=O)O[C@H]1c1ccccc1O. The Balaban J connectivity index is 0.000000732. The Morgan fingerprint density at radius 2 is 1.87 bits per heavy atom. The van der Waals surface area contributed by atoms with Crippen LogP contribution < -0.4 is 11.2 Å². The van der Waals surface area contributed by atoms with Gasteiger partial charge in [0.25, 0.3) is 0 Å². The van der Waals surface area contributed by atoms with Gasteiger partial charge in [0, 0.05) is 28.5 Å². The van der Waals surface area contributed by atoms with E-state index >= 15 is 0 Å². The molecule has 0 amide bonds. The van der Waals surface area contributed by atoms with Gasteiger partial charge in [0.15, 0.2) is 6.29 Å². The summed E-state index contributed by atoms with van der Waals surface area (Å²) in [7, 11) is 0. The molecule has 0 aliphatic carbocycles. The Morgan fingerprint density at radius 3 is 2.55 bits per heavy atom. The van der Waals surface area contributed by atoms with Crippen LogP contribution >= 0.6 is 11.6 Å². The molecule has 204 valence electrons. The molecular formula is C29H34ClNO7. The highest BCUT2D eigenvalue weighted by molar-refractivity contribution is 6.31. The van der Waals surface area contributed by atoms with Gasteiger partial charge in [-0.2, -0.15) is 0 Å². The van der Waals surface area contributed by atoms with Crippen LogP contribution in [0.1, 0.15) is 63.6 Å². The average molecular weight is 544 g/mol. The number of carboxylic acid groups (broad SMARTS) is 1. The summed E-state index contributed by atoms with van der Waals surface area (Å²) in [5, 5.41) is 20.0. The van der Waals surface area contributed by atoms with Gasteiger partial charge in [0.1, 0.15) is 17.6 Å². The maximum atomic E-state index is 13.1. The van der Waals surface area contributed by atoms with Crippen molar-refractivity contribution >= 4 is 28.5 Å². The summed E-state index contributed by atoms with van der Waals surface area (Å²) in [6.45, 7) is 6.16. The summed E-state index contributed by atoms with van der Waals surface area (Å²) in [5.41, 5.74) is 6.26. The Kier molecular flexibility index (Phi) is 10.1. The number of benzene rings is 2. The fraction of sp³-hybridized carbons (Fsp3) is 0.379. The Morgan fingerprint density at radius 1 is 1.16 bits per heavy atom. The summed E-state index contributed by atoms with van der Waals surface area (Å²) in [5.74, 6) is -0.924. The lowest BCUT2D eigenvalue weighted by Crippen LogP contribution is -2.32. The van der Waals surface area contributed by atoms with Crippen molar-refractivity contribution in [3.8, 4) is 5.75 Å². The molecule has 1 saturated heterocycles. The summed E-state index contributed by atoms with van der Waals surface area (Å²) in [6.07, 6.45) is 4.52. The molecule has 9 heteroatoms. The van der Waals surface area contributed by atoms with E-state index in [1.165, 1.54) is 6.26 Å². The smallest absolute Gasteiger partial charge is 0.303 e. The molecule has 2 aromatic carbocycles. The molecule has 0 bridgehead atoms. The number of phenols is 1. The number of halogens is 1. The summed E-state index contributed by atoms with van der Waals surface area (Å²) >= 11 is 6.05. The highest BCUT2D eigenvalue weighted by Crippen LogP contribution is 2.42. The van der Waals surface area contributed by atoms with Gasteiger partial charge < -0.3 is 29.8 Å². The quantitative estimate of drug-likeness (QED) is 0.304. The van der Waals surface area contributed by atoms with Gasteiger partial charge in [-0.3, -0.25) is 9.59 Å². The number of hydrogen-bond donors (Lipinski definition) is 3. The predicted octanol–water partition coefficient (Wildman–Crippen LogP) is 6.11.